The highest BCUT2D eigenvalue weighted by molar-refractivity contribution is 5.79. The van der Waals surface area contributed by atoms with E-state index in [1.807, 2.05) is 0 Å². The molecular formula is C21H37N5O. The summed E-state index contributed by atoms with van der Waals surface area (Å²) >= 11 is 0. The van der Waals surface area contributed by atoms with E-state index in [4.69, 9.17) is 9.73 Å². The molecule has 0 spiro atoms. The molecule has 0 unspecified atom stereocenters. The van der Waals surface area contributed by atoms with Gasteiger partial charge in [-0.1, -0.05) is 38.1 Å². The number of morpholine rings is 1. The van der Waals surface area contributed by atoms with Crippen LogP contribution in [0, 0.1) is 0 Å². The average Bonchev–Trinajstić information content (AvgIpc) is 2.72. The van der Waals surface area contributed by atoms with Crippen molar-refractivity contribution in [1.29, 1.82) is 0 Å². The van der Waals surface area contributed by atoms with Crippen LogP contribution in [0.5, 0.6) is 0 Å². The number of aliphatic imine (C=N–C) groups is 1. The normalized spacial score (nSPS) is 15.9. The Morgan fingerprint density at radius 1 is 1.04 bits per heavy atom. The molecule has 27 heavy (non-hydrogen) atoms. The van der Waals surface area contributed by atoms with Crippen LogP contribution in [-0.2, 0) is 17.8 Å². The molecule has 1 fully saturated rings. The van der Waals surface area contributed by atoms with E-state index in [0.717, 1.165) is 71.5 Å². The van der Waals surface area contributed by atoms with Crippen molar-refractivity contribution in [2.24, 2.45) is 4.99 Å². The SMILES string of the molecule is CCNC(=NCc1ccc(CN(CC)CC)cc1)NCCN1CCOCC1. The predicted octanol–water partition coefficient (Wildman–Crippen LogP) is 1.92. The van der Waals surface area contributed by atoms with E-state index in [-0.39, 0.29) is 0 Å². The number of nitrogens with one attached hydrogen (secondary N) is 2. The van der Waals surface area contributed by atoms with E-state index in [2.05, 4.69) is 65.5 Å². The van der Waals surface area contributed by atoms with Crippen molar-refractivity contribution in [3.8, 4) is 0 Å². The first-order valence-electron chi connectivity index (χ1n) is 10.4. The summed E-state index contributed by atoms with van der Waals surface area (Å²) in [5.74, 6) is 0.887. The van der Waals surface area contributed by atoms with Crippen LogP contribution >= 0.6 is 0 Å². The molecule has 0 atom stereocenters. The first-order valence-corrected chi connectivity index (χ1v) is 10.4. The van der Waals surface area contributed by atoms with Crippen LogP contribution in [0.4, 0.5) is 0 Å². The Balaban J connectivity index is 1.80. The molecule has 1 heterocycles. The van der Waals surface area contributed by atoms with Crippen LogP contribution in [0.2, 0.25) is 0 Å². The Bertz CT molecular complexity index is 536. The Morgan fingerprint density at radius 2 is 1.70 bits per heavy atom. The fraction of sp³-hybridized carbons (Fsp3) is 0.667. The van der Waals surface area contributed by atoms with Gasteiger partial charge in [-0.2, -0.15) is 0 Å². The van der Waals surface area contributed by atoms with E-state index in [1.165, 1.54) is 11.1 Å². The predicted molar refractivity (Wildman–Crippen MR) is 113 cm³/mol. The number of nitrogens with zero attached hydrogens (tertiary/aromatic N) is 3. The van der Waals surface area contributed by atoms with Crippen LogP contribution in [-0.4, -0.2) is 74.8 Å². The van der Waals surface area contributed by atoms with Gasteiger partial charge >= 0.3 is 0 Å². The van der Waals surface area contributed by atoms with Gasteiger partial charge in [0.15, 0.2) is 5.96 Å². The van der Waals surface area contributed by atoms with E-state index in [0.29, 0.717) is 6.54 Å². The summed E-state index contributed by atoms with van der Waals surface area (Å²) < 4.78 is 5.39. The van der Waals surface area contributed by atoms with Gasteiger partial charge in [0.1, 0.15) is 0 Å². The van der Waals surface area contributed by atoms with E-state index in [1.54, 1.807) is 0 Å². The molecule has 6 nitrogen and oxygen atoms in total. The number of hydrogen-bond donors (Lipinski definition) is 2. The maximum absolute atomic E-state index is 5.39. The van der Waals surface area contributed by atoms with Crippen LogP contribution < -0.4 is 10.6 Å². The molecule has 1 aliphatic rings. The van der Waals surface area contributed by atoms with E-state index in [9.17, 15) is 0 Å². The minimum Gasteiger partial charge on any atom is -0.379 e. The smallest absolute Gasteiger partial charge is 0.191 e. The topological polar surface area (TPSA) is 52.1 Å². The van der Waals surface area contributed by atoms with Gasteiger partial charge < -0.3 is 15.4 Å². The van der Waals surface area contributed by atoms with Crippen LogP contribution in [0.1, 0.15) is 31.9 Å². The second-order valence-corrected chi connectivity index (χ2v) is 6.85. The largest absolute Gasteiger partial charge is 0.379 e. The van der Waals surface area contributed by atoms with Crippen LogP contribution in [0.3, 0.4) is 0 Å². The highest BCUT2D eigenvalue weighted by atomic mass is 16.5. The second-order valence-electron chi connectivity index (χ2n) is 6.85. The zero-order valence-electron chi connectivity index (χ0n) is 17.3. The van der Waals surface area contributed by atoms with Crippen molar-refractivity contribution in [2.75, 3.05) is 59.0 Å². The number of ether oxygens (including phenoxy) is 1. The molecule has 0 bridgehead atoms. The maximum Gasteiger partial charge on any atom is 0.191 e. The van der Waals surface area contributed by atoms with Gasteiger partial charge in [0, 0.05) is 39.3 Å². The fourth-order valence-electron chi connectivity index (χ4n) is 3.12. The molecule has 1 aliphatic heterocycles. The molecule has 6 heteroatoms. The van der Waals surface area contributed by atoms with Gasteiger partial charge in [0.05, 0.1) is 19.8 Å². The summed E-state index contributed by atoms with van der Waals surface area (Å²) in [5, 5.41) is 6.77. The lowest BCUT2D eigenvalue weighted by Gasteiger charge is -2.26. The van der Waals surface area contributed by atoms with Crippen molar-refractivity contribution < 1.29 is 4.74 Å². The molecule has 1 aromatic carbocycles. The highest BCUT2D eigenvalue weighted by Gasteiger charge is 2.09. The molecule has 0 saturated carbocycles. The molecule has 1 aromatic rings. The lowest BCUT2D eigenvalue weighted by molar-refractivity contribution is 0.0389. The monoisotopic (exact) mass is 375 g/mol. The van der Waals surface area contributed by atoms with Gasteiger partial charge in [0.25, 0.3) is 0 Å². The minimum absolute atomic E-state index is 0.693. The lowest BCUT2D eigenvalue weighted by atomic mass is 10.1. The van der Waals surface area contributed by atoms with Gasteiger partial charge in [-0.3, -0.25) is 9.80 Å². The number of guanidine groups is 1. The first-order chi connectivity index (χ1) is 13.2. The highest BCUT2D eigenvalue weighted by Crippen LogP contribution is 2.08. The third-order valence-electron chi connectivity index (χ3n) is 4.91. The number of hydrogen-bond acceptors (Lipinski definition) is 4. The van der Waals surface area contributed by atoms with Gasteiger partial charge in [-0.15, -0.1) is 0 Å². The summed E-state index contributed by atoms with van der Waals surface area (Å²) in [6.07, 6.45) is 0. The molecular weight excluding hydrogens is 338 g/mol. The van der Waals surface area contributed by atoms with Crippen molar-refractivity contribution in [3.05, 3.63) is 35.4 Å². The third-order valence-corrected chi connectivity index (χ3v) is 4.91. The van der Waals surface area contributed by atoms with Crippen molar-refractivity contribution in [2.45, 2.75) is 33.9 Å². The molecule has 0 amide bonds. The quantitative estimate of drug-likeness (QED) is 0.483. The number of benzene rings is 1. The van der Waals surface area contributed by atoms with Gasteiger partial charge in [-0.05, 0) is 31.1 Å². The Hall–Kier alpha value is -1.63. The van der Waals surface area contributed by atoms with Crippen LogP contribution in [0.25, 0.3) is 0 Å². The third kappa shape index (κ3) is 8.28. The van der Waals surface area contributed by atoms with E-state index >= 15 is 0 Å². The van der Waals surface area contributed by atoms with E-state index < -0.39 is 0 Å². The zero-order valence-corrected chi connectivity index (χ0v) is 17.3. The van der Waals surface area contributed by atoms with Crippen LogP contribution in [0.15, 0.2) is 29.3 Å². The summed E-state index contributed by atoms with van der Waals surface area (Å²) in [6, 6.07) is 8.84. The standard InChI is InChI=1S/C21H37N5O/c1-4-22-21(23-11-12-26-13-15-27-16-14-26)24-17-19-7-9-20(10-8-19)18-25(5-2)6-3/h7-10H,4-6,11-18H2,1-3H3,(H2,22,23,24). The summed E-state index contributed by atoms with van der Waals surface area (Å²) in [6.45, 7) is 16.9. The zero-order chi connectivity index (χ0) is 19.3. The molecule has 152 valence electrons. The average molecular weight is 376 g/mol. The Labute approximate surface area is 165 Å². The van der Waals surface area contributed by atoms with Crippen molar-refractivity contribution in [3.63, 3.8) is 0 Å². The molecule has 1 saturated heterocycles. The summed E-state index contributed by atoms with van der Waals surface area (Å²) in [4.78, 5) is 9.58. The second kappa shape index (κ2) is 12.7. The molecule has 0 radical (unpaired) electrons. The molecule has 0 aliphatic carbocycles. The lowest BCUT2D eigenvalue weighted by Crippen LogP contribution is -2.44. The molecule has 2 N–H and O–H groups in total. The Kier molecular flexibility index (Phi) is 10.2. The Morgan fingerprint density at radius 3 is 2.33 bits per heavy atom. The van der Waals surface area contributed by atoms with Gasteiger partial charge in [-0.25, -0.2) is 4.99 Å². The molecule has 0 aromatic heterocycles. The van der Waals surface area contributed by atoms with Crippen molar-refractivity contribution in [1.82, 2.24) is 20.4 Å². The van der Waals surface area contributed by atoms with Crippen molar-refractivity contribution >= 4 is 5.96 Å². The maximum atomic E-state index is 5.39. The summed E-state index contributed by atoms with van der Waals surface area (Å²) in [7, 11) is 0. The number of rotatable bonds is 10. The first kappa shape index (κ1) is 21.7. The fourth-order valence-corrected chi connectivity index (χ4v) is 3.12. The minimum atomic E-state index is 0.693. The van der Waals surface area contributed by atoms with Gasteiger partial charge in [0.2, 0.25) is 0 Å². The summed E-state index contributed by atoms with van der Waals surface area (Å²) in [5.41, 5.74) is 2.60. The molecule has 2 rings (SSSR count).